The first-order valence-electron chi connectivity index (χ1n) is 12.3. The molecule has 4 aromatic rings. The lowest BCUT2D eigenvalue weighted by molar-refractivity contribution is -0.0738. The first kappa shape index (κ1) is 24.6. The van der Waals surface area contributed by atoms with E-state index in [1.165, 1.54) is 16.7 Å². The molecular formula is C32H34O3. The molecule has 0 aliphatic rings. The van der Waals surface area contributed by atoms with Gasteiger partial charge in [-0.25, -0.2) is 0 Å². The Hall–Kier alpha value is -3.56. The molecule has 0 N–H and O–H groups in total. The van der Waals surface area contributed by atoms with E-state index in [-0.39, 0.29) is 6.29 Å². The predicted molar refractivity (Wildman–Crippen MR) is 144 cm³/mol. The molecule has 1 unspecified atom stereocenters. The Morgan fingerprint density at radius 3 is 1.80 bits per heavy atom. The minimum atomic E-state index is -0.366. The van der Waals surface area contributed by atoms with Crippen molar-refractivity contribution in [2.75, 3.05) is 13.2 Å². The maximum absolute atomic E-state index is 6.41. The molecule has 180 valence electrons. The summed E-state index contributed by atoms with van der Waals surface area (Å²) in [6.07, 6.45) is 0.646. The molecule has 4 rings (SSSR count). The zero-order valence-corrected chi connectivity index (χ0v) is 21.1. The van der Waals surface area contributed by atoms with E-state index in [0.717, 1.165) is 40.2 Å². The standard InChI is InChI=1S/C32H34O3/c1-5-26-15-17-29(18-16-26)35-25(4)33-19-20-34-32-30(27-11-6-9-23(2)21-27)13-8-14-31(32)28-12-7-10-24(3)22-28/h6-18,21-22,25H,5,19-20H2,1-4H3. The van der Waals surface area contributed by atoms with E-state index in [1.807, 2.05) is 19.1 Å². The summed E-state index contributed by atoms with van der Waals surface area (Å²) in [5.41, 5.74) is 8.16. The van der Waals surface area contributed by atoms with Crippen LogP contribution < -0.4 is 9.47 Å². The van der Waals surface area contributed by atoms with Gasteiger partial charge in [-0.2, -0.15) is 0 Å². The van der Waals surface area contributed by atoms with Gasteiger partial charge in [-0.3, -0.25) is 0 Å². The number of rotatable bonds is 10. The molecule has 1 atom stereocenters. The summed E-state index contributed by atoms with van der Waals surface area (Å²) in [4.78, 5) is 0. The van der Waals surface area contributed by atoms with Gasteiger partial charge in [-0.05, 0) is 56.0 Å². The third-order valence-corrected chi connectivity index (χ3v) is 5.99. The van der Waals surface area contributed by atoms with Crippen LogP contribution in [0.15, 0.2) is 91.0 Å². The van der Waals surface area contributed by atoms with Crippen LogP contribution in [-0.4, -0.2) is 19.5 Å². The average molecular weight is 467 g/mol. The summed E-state index contributed by atoms with van der Waals surface area (Å²) in [6, 6.07) is 31.5. The Balaban J connectivity index is 1.49. The normalized spacial score (nSPS) is 11.8. The van der Waals surface area contributed by atoms with Crippen molar-refractivity contribution in [2.24, 2.45) is 0 Å². The summed E-state index contributed by atoms with van der Waals surface area (Å²) in [5.74, 6) is 1.68. The smallest absolute Gasteiger partial charge is 0.197 e. The van der Waals surface area contributed by atoms with E-state index in [9.17, 15) is 0 Å². The Morgan fingerprint density at radius 2 is 1.26 bits per heavy atom. The monoisotopic (exact) mass is 466 g/mol. The van der Waals surface area contributed by atoms with Gasteiger partial charge in [-0.15, -0.1) is 0 Å². The van der Waals surface area contributed by atoms with Crippen LogP contribution in [0.2, 0.25) is 0 Å². The van der Waals surface area contributed by atoms with Gasteiger partial charge >= 0.3 is 0 Å². The molecule has 3 nitrogen and oxygen atoms in total. The second-order valence-electron chi connectivity index (χ2n) is 8.82. The van der Waals surface area contributed by atoms with Crippen molar-refractivity contribution in [3.8, 4) is 33.8 Å². The van der Waals surface area contributed by atoms with Crippen molar-refractivity contribution >= 4 is 0 Å². The molecule has 0 radical (unpaired) electrons. The molecule has 4 aromatic carbocycles. The molecule has 35 heavy (non-hydrogen) atoms. The molecule has 0 fully saturated rings. The largest absolute Gasteiger partial charge is 0.490 e. The fraction of sp³-hybridized carbons (Fsp3) is 0.250. The van der Waals surface area contributed by atoms with Crippen molar-refractivity contribution < 1.29 is 14.2 Å². The number of benzene rings is 4. The number of hydrogen-bond acceptors (Lipinski definition) is 3. The third kappa shape index (κ3) is 6.52. The molecular weight excluding hydrogens is 432 g/mol. The van der Waals surface area contributed by atoms with Crippen LogP contribution in [-0.2, 0) is 11.2 Å². The summed E-state index contributed by atoms with van der Waals surface area (Å²) < 4.78 is 18.2. The molecule has 0 heterocycles. The van der Waals surface area contributed by atoms with Crippen molar-refractivity contribution in [1.29, 1.82) is 0 Å². The molecule has 0 saturated carbocycles. The number of ether oxygens (including phenoxy) is 3. The zero-order valence-electron chi connectivity index (χ0n) is 21.1. The summed E-state index contributed by atoms with van der Waals surface area (Å²) >= 11 is 0. The van der Waals surface area contributed by atoms with Crippen molar-refractivity contribution in [1.82, 2.24) is 0 Å². The van der Waals surface area contributed by atoms with Gasteiger partial charge in [0.05, 0.1) is 6.61 Å². The molecule has 0 aliphatic heterocycles. The van der Waals surface area contributed by atoms with Gasteiger partial charge in [0.15, 0.2) is 6.29 Å². The van der Waals surface area contributed by atoms with E-state index in [4.69, 9.17) is 14.2 Å². The van der Waals surface area contributed by atoms with Crippen LogP contribution in [0.1, 0.15) is 30.5 Å². The van der Waals surface area contributed by atoms with Gasteiger partial charge in [-0.1, -0.05) is 96.9 Å². The fourth-order valence-corrected chi connectivity index (χ4v) is 4.16. The van der Waals surface area contributed by atoms with Crippen molar-refractivity contribution in [3.63, 3.8) is 0 Å². The SMILES string of the molecule is CCc1ccc(OC(C)OCCOc2c(-c3cccc(C)c3)cccc2-c2cccc(C)c2)cc1. The van der Waals surface area contributed by atoms with Gasteiger partial charge < -0.3 is 14.2 Å². The molecule has 0 spiro atoms. The number of para-hydroxylation sites is 1. The fourth-order valence-electron chi connectivity index (χ4n) is 4.16. The summed E-state index contributed by atoms with van der Waals surface area (Å²) in [6.45, 7) is 9.11. The van der Waals surface area contributed by atoms with Gasteiger partial charge in [0, 0.05) is 11.1 Å². The molecule has 0 aromatic heterocycles. The minimum Gasteiger partial charge on any atom is -0.490 e. The Labute approximate surface area is 209 Å². The van der Waals surface area contributed by atoms with Crippen LogP contribution in [0.25, 0.3) is 22.3 Å². The third-order valence-electron chi connectivity index (χ3n) is 5.99. The van der Waals surface area contributed by atoms with Crippen LogP contribution in [0.3, 0.4) is 0 Å². The summed E-state index contributed by atoms with van der Waals surface area (Å²) in [5, 5.41) is 0. The maximum atomic E-state index is 6.41. The summed E-state index contributed by atoms with van der Waals surface area (Å²) in [7, 11) is 0. The second kappa shape index (κ2) is 11.7. The lowest BCUT2D eigenvalue weighted by Crippen LogP contribution is -2.20. The zero-order chi connectivity index (χ0) is 24.6. The molecule has 0 amide bonds. The van der Waals surface area contributed by atoms with Crippen LogP contribution in [0.4, 0.5) is 0 Å². The quantitative estimate of drug-likeness (QED) is 0.175. The number of hydrogen-bond donors (Lipinski definition) is 0. The van der Waals surface area contributed by atoms with Gasteiger partial charge in [0.1, 0.15) is 18.1 Å². The highest BCUT2D eigenvalue weighted by Crippen LogP contribution is 2.39. The Morgan fingerprint density at radius 1 is 0.686 bits per heavy atom. The topological polar surface area (TPSA) is 27.7 Å². The Kier molecular flexibility index (Phi) is 8.23. The van der Waals surface area contributed by atoms with Gasteiger partial charge in [0.2, 0.25) is 0 Å². The maximum Gasteiger partial charge on any atom is 0.197 e. The highest BCUT2D eigenvalue weighted by molar-refractivity contribution is 5.82. The van der Waals surface area contributed by atoms with Crippen LogP contribution in [0, 0.1) is 13.8 Å². The minimum absolute atomic E-state index is 0.366. The average Bonchev–Trinajstić information content (AvgIpc) is 2.87. The van der Waals surface area contributed by atoms with Crippen molar-refractivity contribution in [2.45, 2.75) is 40.4 Å². The van der Waals surface area contributed by atoms with Crippen LogP contribution >= 0.6 is 0 Å². The van der Waals surface area contributed by atoms with E-state index in [1.54, 1.807) is 0 Å². The molecule has 0 bridgehead atoms. The highest BCUT2D eigenvalue weighted by Gasteiger charge is 2.14. The molecule has 0 saturated heterocycles. The molecule has 3 heteroatoms. The second-order valence-corrected chi connectivity index (χ2v) is 8.82. The van der Waals surface area contributed by atoms with Crippen LogP contribution in [0.5, 0.6) is 11.5 Å². The van der Waals surface area contributed by atoms with Crippen molar-refractivity contribution in [3.05, 3.63) is 108 Å². The first-order chi connectivity index (χ1) is 17.0. The van der Waals surface area contributed by atoms with E-state index >= 15 is 0 Å². The van der Waals surface area contributed by atoms with E-state index in [0.29, 0.717) is 13.2 Å². The lowest BCUT2D eigenvalue weighted by atomic mass is 9.96. The highest BCUT2D eigenvalue weighted by atomic mass is 16.7. The van der Waals surface area contributed by atoms with E-state index < -0.39 is 0 Å². The van der Waals surface area contributed by atoms with Gasteiger partial charge in [0.25, 0.3) is 0 Å². The van der Waals surface area contributed by atoms with E-state index in [2.05, 4.69) is 99.6 Å². The lowest BCUT2D eigenvalue weighted by Gasteiger charge is -2.19. The number of aryl methyl sites for hydroxylation is 3. The Bertz CT molecular complexity index is 1180. The molecule has 0 aliphatic carbocycles. The first-order valence-corrected chi connectivity index (χ1v) is 12.3. The predicted octanol–water partition coefficient (Wildman–Crippen LogP) is 8.02.